The van der Waals surface area contributed by atoms with Crippen LogP contribution in [0, 0.1) is 26.7 Å². The minimum Gasteiger partial charge on any atom is -0.491 e. The maximum Gasteiger partial charge on any atom is 0.317 e. The average molecular weight is 304 g/mol. The summed E-state index contributed by atoms with van der Waals surface area (Å²) in [5.41, 5.74) is 3.54. The van der Waals surface area contributed by atoms with Crippen LogP contribution < -0.4 is 10.1 Å². The van der Waals surface area contributed by atoms with E-state index < -0.39 is 0 Å². The van der Waals surface area contributed by atoms with Gasteiger partial charge in [0.1, 0.15) is 12.4 Å². The first-order chi connectivity index (χ1) is 10.5. The predicted molar refractivity (Wildman–Crippen MR) is 89.5 cm³/mol. The number of urea groups is 1. The first-order valence-corrected chi connectivity index (χ1v) is 8.21. The van der Waals surface area contributed by atoms with E-state index in [1.165, 1.54) is 17.5 Å². The Morgan fingerprint density at radius 2 is 2.05 bits per heavy atom. The second kappa shape index (κ2) is 7.52. The average Bonchev–Trinajstić information content (AvgIpc) is 2.50. The number of benzene rings is 1. The topological polar surface area (TPSA) is 41.6 Å². The number of carbonyl (C=O) groups excluding carboxylic acids is 1. The smallest absolute Gasteiger partial charge is 0.317 e. The van der Waals surface area contributed by atoms with Crippen LogP contribution in [0.1, 0.15) is 36.5 Å². The van der Waals surface area contributed by atoms with Gasteiger partial charge in [-0.3, -0.25) is 0 Å². The summed E-state index contributed by atoms with van der Waals surface area (Å²) >= 11 is 0. The van der Waals surface area contributed by atoms with Gasteiger partial charge in [0.05, 0.1) is 6.54 Å². The molecule has 4 nitrogen and oxygen atoms in total. The molecule has 22 heavy (non-hydrogen) atoms. The molecule has 0 aromatic heterocycles. The highest BCUT2D eigenvalue weighted by atomic mass is 16.5. The highest BCUT2D eigenvalue weighted by Gasteiger charge is 2.20. The lowest BCUT2D eigenvalue weighted by atomic mass is 10.0. The van der Waals surface area contributed by atoms with Crippen LogP contribution in [0.5, 0.6) is 5.75 Å². The minimum atomic E-state index is 0.0350. The molecule has 1 aliphatic heterocycles. The molecule has 1 atom stereocenters. The number of carbonyl (C=O) groups is 1. The van der Waals surface area contributed by atoms with E-state index in [0.29, 0.717) is 19.1 Å². The maximum atomic E-state index is 12.1. The number of amides is 2. The van der Waals surface area contributed by atoms with Gasteiger partial charge in [-0.15, -0.1) is 0 Å². The zero-order chi connectivity index (χ0) is 16.1. The van der Waals surface area contributed by atoms with Crippen LogP contribution >= 0.6 is 0 Å². The van der Waals surface area contributed by atoms with Gasteiger partial charge in [-0.1, -0.05) is 19.1 Å². The van der Waals surface area contributed by atoms with Gasteiger partial charge in [0.25, 0.3) is 0 Å². The highest BCUT2D eigenvalue weighted by molar-refractivity contribution is 5.74. The van der Waals surface area contributed by atoms with Crippen LogP contribution in [0.15, 0.2) is 12.1 Å². The first-order valence-electron chi connectivity index (χ1n) is 8.21. The van der Waals surface area contributed by atoms with Crippen LogP contribution in [-0.4, -0.2) is 37.2 Å². The molecule has 1 saturated heterocycles. The molecule has 4 heteroatoms. The fraction of sp³-hybridized carbons (Fsp3) is 0.611. The lowest BCUT2D eigenvalue weighted by Gasteiger charge is -2.30. The predicted octanol–water partition coefficient (Wildman–Crippen LogP) is 3.43. The van der Waals surface area contributed by atoms with Gasteiger partial charge < -0.3 is 15.0 Å². The summed E-state index contributed by atoms with van der Waals surface area (Å²) in [5, 5.41) is 2.96. The second-order valence-electron chi connectivity index (χ2n) is 6.43. The number of hydrogen-bond donors (Lipinski definition) is 1. The molecule has 0 radical (unpaired) electrons. The Hall–Kier alpha value is -1.71. The molecular formula is C18H28N2O2. The van der Waals surface area contributed by atoms with Crippen molar-refractivity contribution in [2.75, 3.05) is 26.2 Å². The van der Waals surface area contributed by atoms with E-state index >= 15 is 0 Å². The minimum absolute atomic E-state index is 0.0350. The lowest BCUT2D eigenvalue weighted by molar-refractivity contribution is 0.167. The number of hydrogen-bond acceptors (Lipinski definition) is 2. The third kappa shape index (κ3) is 4.15. The molecule has 0 bridgehead atoms. The van der Waals surface area contributed by atoms with Gasteiger partial charge in [-0.2, -0.15) is 0 Å². The molecule has 1 unspecified atom stereocenters. The Labute approximate surface area is 133 Å². The number of piperidine rings is 1. The van der Waals surface area contributed by atoms with Crippen molar-refractivity contribution in [1.82, 2.24) is 10.2 Å². The number of ether oxygens (including phenoxy) is 1. The van der Waals surface area contributed by atoms with Gasteiger partial charge in [-0.05, 0) is 56.2 Å². The van der Waals surface area contributed by atoms with E-state index in [-0.39, 0.29) is 6.03 Å². The van der Waals surface area contributed by atoms with E-state index in [0.717, 1.165) is 30.8 Å². The van der Waals surface area contributed by atoms with Crippen LogP contribution in [0.3, 0.4) is 0 Å². The molecule has 1 heterocycles. The fourth-order valence-corrected chi connectivity index (χ4v) is 2.94. The van der Waals surface area contributed by atoms with Gasteiger partial charge in [0.15, 0.2) is 0 Å². The molecule has 122 valence electrons. The number of rotatable bonds is 4. The zero-order valence-electron chi connectivity index (χ0n) is 14.2. The number of nitrogens with one attached hydrogen (secondary N) is 1. The molecule has 1 fully saturated rings. The molecule has 1 aliphatic rings. The Morgan fingerprint density at radius 3 is 2.77 bits per heavy atom. The summed E-state index contributed by atoms with van der Waals surface area (Å²) in [5.74, 6) is 1.55. The van der Waals surface area contributed by atoms with Gasteiger partial charge >= 0.3 is 6.03 Å². The lowest BCUT2D eigenvalue weighted by Crippen LogP contribution is -2.46. The summed E-state index contributed by atoms with van der Waals surface area (Å²) in [6.07, 6.45) is 2.32. The molecule has 0 saturated carbocycles. The van der Waals surface area contributed by atoms with Crippen LogP contribution in [0.4, 0.5) is 4.79 Å². The van der Waals surface area contributed by atoms with Crippen molar-refractivity contribution in [3.63, 3.8) is 0 Å². The molecular weight excluding hydrogens is 276 g/mol. The van der Waals surface area contributed by atoms with Gasteiger partial charge in [0.2, 0.25) is 0 Å². The largest absolute Gasteiger partial charge is 0.491 e. The first kappa shape index (κ1) is 16.7. The van der Waals surface area contributed by atoms with Crippen LogP contribution in [0.2, 0.25) is 0 Å². The Bertz CT molecular complexity index is 528. The quantitative estimate of drug-likeness (QED) is 0.866. The van der Waals surface area contributed by atoms with Crippen LogP contribution in [0.25, 0.3) is 0 Å². The Kier molecular flexibility index (Phi) is 5.69. The Morgan fingerprint density at radius 1 is 1.32 bits per heavy atom. The fourth-order valence-electron chi connectivity index (χ4n) is 2.94. The van der Waals surface area contributed by atoms with Crippen molar-refractivity contribution < 1.29 is 9.53 Å². The van der Waals surface area contributed by atoms with Gasteiger partial charge in [0, 0.05) is 13.1 Å². The van der Waals surface area contributed by atoms with E-state index in [1.54, 1.807) is 0 Å². The van der Waals surface area contributed by atoms with Crippen molar-refractivity contribution >= 4 is 6.03 Å². The van der Waals surface area contributed by atoms with Gasteiger partial charge in [-0.25, -0.2) is 4.79 Å². The van der Waals surface area contributed by atoms with E-state index in [1.807, 2.05) is 4.90 Å². The molecule has 0 aliphatic carbocycles. The van der Waals surface area contributed by atoms with E-state index in [4.69, 9.17) is 4.74 Å². The van der Waals surface area contributed by atoms with E-state index in [2.05, 4.69) is 45.1 Å². The normalized spacial score (nSPS) is 18.2. The highest BCUT2D eigenvalue weighted by Crippen LogP contribution is 2.25. The Balaban J connectivity index is 1.78. The summed E-state index contributed by atoms with van der Waals surface area (Å²) < 4.78 is 5.87. The third-order valence-corrected chi connectivity index (χ3v) is 4.44. The molecule has 1 N–H and O–H groups in total. The monoisotopic (exact) mass is 304 g/mol. The van der Waals surface area contributed by atoms with Crippen molar-refractivity contribution in [3.8, 4) is 5.75 Å². The summed E-state index contributed by atoms with van der Waals surface area (Å²) in [7, 11) is 0. The van der Waals surface area contributed by atoms with E-state index in [9.17, 15) is 4.79 Å². The molecule has 2 amide bonds. The zero-order valence-corrected chi connectivity index (χ0v) is 14.2. The number of nitrogens with zero attached hydrogens (tertiary/aromatic N) is 1. The summed E-state index contributed by atoms with van der Waals surface area (Å²) in [4.78, 5) is 14.0. The molecule has 1 aromatic rings. The maximum absolute atomic E-state index is 12.1. The number of likely N-dealkylation sites (tertiary alicyclic amines) is 1. The molecule has 2 rings (SSSR count). The molecule has 0 spiro atoms. The standard InChI is InChI=1S/C18H28N2O2/c1-13-6-5-10-20(12-13)18(21)19-9-11-22-17-15(3)8-7-14(2)16(17)4/h7-8,13H,5-6,9-12H2,1-4H3,(H,19,21). The summed E-state index contributed by atoms with van der Waals surface area (Å²) in [6.45, 7) is 11.2. The number of aryl methyl sites for hydroxylation is 2. The van der Waals surface area contributed by atoms with Crippen molar-refractivity contribution in [3.05, 3.63) is 28.8 Å². The third-order valence-electron chi connectivity index (χ3n) is 4.44. The van der Waals surface area contributed by atoms with Crippen molar-refractivity contribution in [1.29, 1.82) is 0 Å². The van der Waals surface area contributed by atoms with Crippen LogP contribution in [-0.2, 0) is 0 Å². The SMILES string of the molecule is Cc1ccc(C)c(OCCNC(=O)N2CCCC(C)C2)c1C. The van der Waals surface area contributed by atoms with Crippen molar-refractivity contribution in [2.45, 2.75) is 40.5 Å². The summed E-state index contributed by atoms with van der Waals surface area (Å²) in [6, 6.07) is 4.22. The molecule has 1 aromatic carbocycles. The second-order valence-corrected chi connectivity index (χ2v) is 6.43. The van der Waals surface area contributed by atoms with Crippen molar-refractivity contribution in [2.24, 2.45) is 5.92 Å².